The Morgan fingerprint density at radius 2 is 1.89 bits per heavy atom. The van der Waals surface area contributed by atoms with E-state index in [1.54, 1.807) is 37.6 Å². The molecular weight excluding hydrogens is 360 g/mol. The van der Waals surface area contributed by atoms with Gasteiger partial charge in [0.1, 0.15) is 11.5 Å². The molecule has 3 rings (SSSR count). The van der Waals surface area contributed by atoms with Crippen molar-refractivity contribution in [2.75, 3.05) is 51.2 Å². The zero-order valence-electron chi connectivity index (χ0n) is 16.0. The molecule has 2 N–H and O–H groups in total. The van der Waals surface area contributed by atoms with E-state index in [1.165, 1.54) is 4.90 Å². The van der Waals surface area contributed by atoms with Gasteiger partial charge in [0.25, 0.3) is 0 Å². The van der Waals surface area contributed by atoms with Crippen molar-refractivity contribution in [3.8, 4) is 5.75 Å². The third-order valence-electron chi connectivity index (χ3n) is 4.80. The zero-order chi connectivity index (χ0) is 19.9. The number of rotatable bonds is 7. The molecule has 1 fully saturated rings. The summed E-state index contributed by atoms with van der Waals surface area (Å²) in [4.78, 5) is 30.0. The van der Waals surface area contributed by atoms with Crippen LogP contribution in [-0.2, 0) is 16.1 Å². The second kappa shape index (κ2) is 9.27. The quantitative estimate of drug-likeness (QED) is 0.734. The third kappa shape index (κ3) is 5.26. The van der Waals surface area contributed by atoms with Crippen molar-refractivity contribution in [2.24, 2.45) is 0 Å². The van der Waals surface area contributed by atoms with E-state index in [0.717, 1.165) is 31.9 Å². The average molecular weight is 386 g/mol. The fraction of sp³-hybridized carbons (Fsp3) is 0.400. The first-order valence-electron chi connectivity index (χ1n) is 9.31. The molecule has 1 aromatic heterocycles. The SMILES string of the molecule is CN(CC(=O)NCc1ccco1)C(=O)CN1CCN(c2ccccc2O)CC1. The summed E-state index contributed by atoms with van der Waals surface area (Å²) in [5, 5.41) is 12.7. The summed E-state index contributed by atoms with van der Waals surface area (Å²) in [5.41, 5.74) is 0.818. The number of para-hydroxylation sites is 2. The largest absolute Gasteiger partial charge is 0.506 e. The molecule has 28 heavy (non-hydrogen) atoms. The predicted molar refractivity (Wildman–Crippen MR) is 105 cm³/mol. The summed E-state index contributed by atoms with van der Waals surface area (Å²) in [6.07, 6.45) is 1.55. The molecule has 1 saturated heterocycles. The molecular formula is C20H26N4O4. The number of phenols is 1. The van der Waals surface area contributed by atoms with Gasteiger partial charge in [-0.1, -0.05) is 12.1 Å². The second-order valence-electron chi connectivity index (χ2n) is 6.86. The van der Waals surface area contributed by atoms with Crippen LogP contribution in [0.5, 0.6) is 5.75 Å². The lowest BCUT2D eigenvalue weighted by molar-refractivity contribution is -0.135. The molecule has 0 radical (unpaired) electrons. The van der Waals surface area contributed by atoms with Crippen molar-refractivity contribution in [3.63, 3.8) is 0 Å². The first kappa shape index (κ1) is 19.8. The van der Waals surface area contributed by atoms with Gasteiger partial charge in [0.15, 0.2) is 0 Å². The fourth-order valence-corrected chi connectivity index (χ4v) is 3.15. The molecule has 0 saturated carbocycles. The lowest BCUT2D eigenvalue weighted by Gasteiger charge is -2.36. The van der Waals surface area contributed by atoms with Crippen LogP contribution in [0.4, 0.5) is 5.69 Å². The number of nitrogens with zero attached hydrogens (tertiary/aromatic N) is 3. The monoisotopic (exact) mass is 386 g/mol. The average Bonchev–Trinajstić information content (AvgIpc) is 3.21. The number of piperazine rings is 1. The van der Waals surface area contributed by atoms with E-state index in [1.807, 2.05) is 12.1 Å². The smallest absolute Gasteiger partial charge is 0.239 e. The van der Waals surface area contributed by atoms with Crippen LogP contribution >= 0.6 is 0 Å². The Kier molecular flexibility index (Phi) is 6.54. The molecule has 0 bridgehead atoms. The Bertz CT molecular complexity index is 785. The van der Waals surface area contributed by atoms with Crippen LogP contribution in [0.1, 0.15) is 5.76 Å². The van der Waals surface area contributed by atoms with Gasteiger partial charge in [0, 0.05) is 33.2 Å². The Balaban J connectivity index is 1.40. The van der Waals surface area contributed by atoms with Crippen LogP contribution in [0.15, 0.2) is 47.1 Å². The van der Waals surface area contributed by atoms with E-state index < -0.39 is 0 Å². The van der Waals surface area contributed by atoms with Gasteiger partial charge in [0.2, 0.25) is 11.8 Å². The molecule has 8 nitrogen and oxygen atoms in total. The fourth-order valence-electron chi connectivity index (χ4n) is 3.15. The maximum absolute atomic E-state index is 12.4. The summed E-state index contributed by atoms with van der Waals surface area (Å²) in [5.74, 6) is 0.623. The molecule has 8 heteroatoms. The molecule has 2 heterocycles. The van der Waals surface area contributed by atoms with Gasteiger partial charge < -0.3 is 24.6 Å². The van der Waals surface area contributed by atoms with Crippen molar-refractivity contribution < 1.29 is 19.1 Å². The van der Waals surface area contributed by atoms with Crippen molar-refractivity contribution in [1.29, 1.82) is 0 Å². The van der Waals surface area contributed by atoms with Crippen molar-refractivity contribution in [3.05, 3.63) is 48.4 Å². The van der Waals surface area contributed by atoms with Gasteiger partial charge >= 0.3 is 0 Å². The molecule has 2 aromatic rings. The van der Waals surface area contributed by atoms with Gasteiger partial charge in [-0.05, 0) is 24.3 Å². The van der Waals surface area contributed by atoms with Gasteiger partial charge in [-0.2, -0.15) is 0 Å². The number of benzene rings is 1. The van der Waals surface area contributed by atoms with E-state index in [-0.39, 0.29) is 30.7 Å². The van der Waals surface area contributed by atoms with Crippen LogP contribution in [-0.4, -0.2) is 73.0 Å². The minimum atomic E-state index is -0.225. The van der Waals surface area contributed by atoms with Gasteiger partial charge in [-0.25, -0.2) is 0 Å². The summed E-state index contributed by atoms with van der Waals surface area (Å²) in [7, 11) is 1.63. The van der Waals surface area contributed by atoms with Crippen molar-refractivity contribution in [1.82, 2.24) is 15.1 Å². The Labute approximate surface area is 164 Å². The van der Waals surface area contributed by atoms with Gasteiger partial charge in [-0.3, -0.25) is 14.5 Å². The molecule has 0 atom stereocenters. The van der Waals surface area contributed by atoms with E-state index >= 15 is 0 Å². The highest BCUT2D eigenvalue weighted by molar-refractivity contribution is 5.85. The predicted octanol–water partition coefficient (Wildman–Crippen LogP) is 0.882. The first-order valence-corrected chi connectivity index (χ1v) is 9.31. The molecule has 1 aliphatic rings. The first-order chi connectivity index (χ1) is 13.5. The third-order valence-corrected chi connectivity index (χ3v) is 4.80. The number of aromatic hydroxyl groups is 1. The van der Waals surface area contributed by atoms with Crippen molar-refractivity contribution in [2.45, 2.75) is 6.54 Å². The van der Waals surface area contributed by atoms with Crippen molar-refractivity contribution >= 4 is 17.5 Å². The minimum Gasteiger partial charge on any atom is -0.506 e. The number of nitrogens with one attached hydrogen (secondary N) is 1. The highest BCUT2D eigenvalue weighted by atomic mass is 16.3. The Morgan fingerprint density at radius 1 is 1.14 bits per heavy atom. The molecule has 1 aliphatic heterocycles. The van der Waals surface area contributed by atoms with Crippen LogP contribution < -0.4 is 10.2 Å². The Hall–Kier alpha value is -3.00. The lowest BCUT2D eigenvalue weighted by Crippen LogP contribution is -2.50. The number of carbonyl (C=O) groups excluding carboxylic acids is 2. The maximum Gasteiger partial charge on any atom is 0.239 e. The summed E-state index contributed by atoms with van der Waals surface area (Å²) in [6, 6.07) is 10.8. The Morgan fingerprint density at radius 3 is 2.57 bits per heavy atom. The number of phenolic OH excluding ortho intramolecular Hbond substituents is 1. The number of amides is 2. The highest BCUT2D eigenvalue weighted by Crippen LogP contribution is 2.27. The standard InChI is InChI=1S/C20H26N4O4/c1-22(14-19(26)21-13-16-5-4-12-28-16)20(27)15-23-8-10-24(11-9-23)17-6-2-3-7-18(17)25/h2-7,12,25H,8-11,13-15H2,1H3,(H,21,26). The number of hydrogen-bond donors (Lipinski definition) is 2. The number of likely N-dealkylation sites (N-methyl/N-ethyl adjacent to an activating group) is 1. The van der Waals surface area contributed by atoms with E-state index in [4.69, 9.17) is 4.42 Å². The molecule has 2 amide bonds. The van der Waals surface area contributed by atoms with E-state index in [9.17, 15) is 14.7 Å². The number of anilines is 1. The topological polar surface area (TPSA) is 89.3 Å². The van der Waals surface area contributed by atoms with Gasteiger partial charge in [0.05, 0.1) is 31.6 Å². The van der Waals surface area contributed by atoms with Crippen LogP contribution in [0.2, 0.25) is 0 Å². The maximum atomic E-state index is 12.4. The molecule has 150 valence electrons. The molecule has 1 aromatic carbocycles. The molecule has 0 aliphatic carbocycles. The van der Waals surface area contributed by atoms with E-state index in [2.05, 4.69) is 15.1 Å². The van der Waals surface area contributed by atoms with Gasteiger partial charge in [-0.15, -0.1) is 0 Å². The minimum absolute atomic E-state index is 0.0113. The van der Waals surface area contributed by atoms with E-state index in [0.29, 0.717) is 12.3 Å². The van der Waals surface area contributed by atoms with Crippen LogP contribution in [0.3, 0.4) is 0 Å². The summed E-state index contributed by atoms with van der Waals surface area (Å²) >= 11 is 0. The summed E-state index contributed by atoms with van der Waals surface area (Å²) in [6.45, 7) is 3.50. The molecule has 0 spiro atoms. The number of hydrogen-bond acceptors (Lipinski definition) is 6. The zero-order valence-corrected chi connectivity index (χ0v) is 16.0. The van der Waals surface area contributed by atoms with Crippen LogP contribution in [0.25, 0.3) is 0 Å². The molecule has 0 unspecified atom stereocenters. The summed E-state index contributed by atoms with van der Waals surface area (Å²) < 4.78 is 5.16. The number of carbonyl (C=O) groups is 2. The normalized spacial score (nSPS) is 14.7. The number of furan rings is 1. The highest BCUT2D eigenvalue weighted by Gasteiger charge is 2.22. The van der Waals surface area contributed by atoms with Crippen LogP contribution in [0, 0.1) is 0 Å². The second-order valence-corrected chi connectivity index (χ2v) is 6.86. The lowest BCUT2D eigenvalue weighted by atomic mass is 10.2.